The summed E-state index contributed by atoms with van der Waals surface area (Å²) in [6, 6.07) is 2.19. The Bertz CT molecular complexity index is 404. The predicted octanol–water partition coefficient (Wildman–Crippen LogP) is 1.03. The number of nitrogens with zero attached hydrogens (tertiary/aromatic N) is 2. The van der Waals surface area contributed by atoms with Gasteiger partial charge >= 0.3 is 0 Å². The number of piperidine rings is 1. The second-order valence-corrected chi connectivity index (χ2v) is 4.78. The number of rotatable bonds is 4. The lowest BCUT2D eigenvalue weighted by Gasteiger charge is -2.30. The van der Waals surface area contributed by atoms with Gasteiger partial charge in [-0.05, 0) is 39.9 Å². The largest absolute Gasteiger partial charge is 0.338 e. The Morgan fingerprint density at radius 2 is 2.26 bits per heavy atom. The highest BCUT2D eigenvalue weighted by Crippen LogP contribution is 2.11. The molecule has 108 valence electrons. The fraction of sp³-hybridized carbons (Fsp3) is 0.667. The van der Waals surface area contributed by atoms with Gasteiger partial charge in [-0.2, -0.15) is 0 Å². The van der Waals surface area contributed by atoms with Crippen molar-refractivity contribution in [2.75, 3.05) is 32.0 Å². The van der Waals surface area contributed by atoms with E-state index in [1.165, 1.54) is 0 Å². The SMILES string of the molecule is Cc1cc(NC(=O)CN(C)C2CCNCC2)on1.Cl. The standard InChI is InChI=1S/C12H20N4O2.ClH/c1-9-7-12(18-15-9)14-11(17)8-16(2)10-3-5-13-6-4-10;/h7,10,13H,3-6,8H2,1-2H3,(H,14,17);1H. The maximum absolute atomic E-state index is 11.8. The van der Waals surface area contributed by atoms with E-state index >= 15 is 0 Å². The molecule has 2 heterocycles. The van der Waals surface area contributed by atoms with Crippen molar-refractivity contribution in [3.05, 3.63) is 11.8 Å². The van der Waals surface area contributed by atoms with Crippen LogP contribution in [0.3, 0.4) is 0 Å². The highest BCUT2D eigenvalue weighted by atomic mass is 35.5. The topological polar surface area (TPSA) is 70.4 Å². The van der Waals surface area contributed by atoms with E-state index in [-0.39, 0.29) is 18.3 Å². The Morgan fingerprint density at radius 3 is 2.84 bits per heavy atom. The summed E-state index contributed by atoms with van der Waals surface area (Å²) in [5.74, 6) is 0.350. The van der Waals surface area contributed by atoms with Crippen molar-refractivity contribution in [3.8, 4) is 0 Å². The second-order valence-electron chi connectivity index (χ2n) is 4.78. The molecule has 0 spiro atoms. The Balaban J connectivity index is 0.00000180. The molecule has 0 saturated carbocycles. The van der Waals surface area contributed by atoms with Crippen LogP contribution in [0.5, 0.6) is 0 Å². The molecule has 1 fully saturated rings. The van der Waals surface area contributed by atoms with Gasteiger partial charge in [-0.15, -0.1) is 12.4 Å². The maximum atomic E-state index is 11.8. The van der Waals surface area contributed by atoms with Gasteiger partial charge < -0.3 is 9.84 Å². The van der Waals surface area contributed by atoms with E-state index in [2.05, 4.69) is 20.7 Å². The molecule has 0 unspecified atom stereocenters. The van der Waals surface area contributed by atoms with Crippen molar-refractivity contribution in [1.29, 1.82) is 0 Å². The first kappa shape index (κ1) is 15.9. The number of aryl methyl sites for hydroxylation is 1. The van der Waals surface area contributed by atoms with Gasteiger partial charge in [0.2, 0.25) is 11.8 Å². The molecule has 1 aromatic rings. The van der Waals surface area contributed by atoms with E-state index in [9.17, 15) is 4.79 Å². The van der Waals surface area contributed by atoms with Gasteiger partial charge in [-0.25, -0.2) is 0 Å². The molecule has 0 bridgehead atoms. The number of aromatic nitrogens is 1. The van der Waals surface area contributed by atoms with Crippen LogP contribution >= 0.6 is 12.4 Å². The van der Waals surface area contributed by atoms with Crippen molar-refractivity contribution in [3.63, 3.8) is 0 Å². The molecule has 6 nitrogen and oxygen atoms in total. The third kappa shape index (κ3) is 4.81. The summed E-state index contributed by atoms with van der Waals surface area (Å²) in [7, 11) is 1.99. The zero-order chi connectivity index (χ0) is 13.0. The fourth-order valence-corrected chi connectivity index (χ4v) is 2.20. The number of nitrogens with one attached hydrogen (secondary N) is 2. The lowest BCUT2D eigenvalue weighted by atomic mass is 10.1. The molecular formula is C12H21ClN4O2. The summed E-state index contributed by atoms with van der Waals surface area (Å²) in [4.78, 5) is 13.9. The van der Waals surface area contributed by atoms with Gasteiger partial charge in [0.1, 0.15) is 0 Å². The number of carbonyl (C=O) groups excluding carboxylic acids is 1. The molecule has 1 aliphatic rings. The normalized spacial score (nSPS) is 16.2. The number of hydrogen-bond donors (Lipinski definition) is 2. The van der Waals surface area contributed by atoms with E-state index < -0.39 is 0 Å². The Hall–Kier alpha value is -1.11. The van der Waals surface area contributed by atoms with Crippen LogP contribution in [-0.2, 0) is 4.79 Å². The number of anilines is 1. The van der Waals surface area contributed by atoms with E-state index in [4.69, 9.17) is 4.52 Å². The van der Waals surface area contributed by atoms with Gasteiger partial charge in [-0.1, -0.05) is 5.16 Å². The van der Waals surface area contributed by atoms with Gasteiger partial charge in [0.15, 0.2) is 0 Å². The molecule has 1 aliphatic heterocycles. The summed E-state index contributed by atoms with van der Waals surface area (Å²) in [6.45, 7) is 4.25. The molecule has 1 saturated heterocycles. The monoisotopic (exact) mass is 288 g/mol. The summed E-state index contributed by atoms with van der Waals surface area (Å²) >= 11 is 0. The Labute approximate surface area is 119 Å². The number of halogens is 1. The highest BCUT2D eigenvalue weighted by molar-refractivity contribution is 5.90. The third-order valence-electron chi connectivity index (χ3n) is 3.22. The second kappa shape index (κ2) is 7.47. The first-order valence-electron chi connectivity index (χ1n) is 6.29. The van der Waals surface area contributed by atoms with Crippen LogP contribution in [0.15, 0.2) is 10.6 Å². The molecule has 1 aromatic heterocycles. The summed E-state index contributed by atoms with van der Waals surface area (Å²) in [5, 5.41) is 9.75. The zero-order valence-electron chi connectivity index (χ0n) is 11.3. The van der Waals surface area contributed by atoms with Crippen LogP contribution in [0, 0.1) is 6.92 Å². The van der Waals surface area contributed by atoms with Crippen LogP contribution in [0.2, 0.25) is 0 Å². The molecule has 19 heavy (non-hydrogen) atoms. The van der Waals surface area contributed by atoms with Gasteiger partial charge in [0.25, 0.3) is 0 Å². The minimum absolute atomic E-state index is 0. The van der Waals surface area contributed by atoms with Gasteiger partial charge in [0.05, 0.1) is 12.2 Å². The molecule has 0 radical (unpaired) electrons. The predicted molar refractivity (Wildman–Crippen MR) is 75.6 cm³/mol. The first-order valence-corrected chi connectivity index (χ1v) is 6.29. The molecule has 7 heteroatoms. The van der Waals surface area contributed by atoms with E-state index in [0.717, 1.165) is 31.6 Å². The van der Waals surface area contributed by atoms with Gasteiger partial charge in [-0.3, -0.25) is 15.0 Å². The van der Waals surface area contributed by atoms with Crippen molar-refractivity contribution in [2.24, 2.45) is 0 Å². The van der Waals surface area contributed by atoms with Gasteiger partial charge in [0, 0.05) is 12.1 Å². The number of amides is 1. The lowest BCUT2D eigenvalue weighted by molar-refractivity contribution is -0.117. The van der Waals surface area contributed by atoms with E-state index in [1.807, 2.05) is 14.0 Å². The van der Waals surface area contributed by atoms with Crippen LogP contribution in [-0.4, -0.2) is 48.7 Å². The Kier molecular flexibility index (Phi) is 6.27. The van der Waals surface area contributed by atoms with Crippen molar-refractivity contribution >= 4 is 24.2 Å². The third-order valence-corrected chi connectivity index (χ3v) is 3.22. The summed E-state index contributed by atoms with van der Waals surface area (Å²) in [5.41, 5.74) is 0.761. The average molecular weight is 289 g/mol. The minimum Gasteiger partial charge on any atom is -0.338 e. The molecule has 0 aromatic carbocycles. The minimum atomic E-state index is -0.0628. The number of carbonyl (C=O) groups is 1. The first-order chi connectivity index (χ1) is 8.65. The fourth-order valence-electron chi connectivity index (χ4n) is 2.20. The molecular weight excluding hydrogens is 268 g/mol. The van der Waals surface area contributed by atoms with Crippen LogP contribution in [0.1, 0.15) is 18.5 Å². The summed E-state index contributed by atoms with van der Waals surface area (Å²) in [6.07, 6.45) is 2.18. The molecule has 0 atom stereocenters. The lowest BCUT2D eigenvalue weighted by Crippen LogP contribution is -2.44. The average Bonchev–Trinajstić information content (AvgIpc) is 2.75. The molecule has 0 aliphatic carbocycles. The Morgan fingerprint density at radius 1 is 1.58 bits per heavy atom. The van der Waals surface area contributed by atoms with E-state index in [1.54, 1.807) is 6.07 Å². The smallest absolute Gasteiger partial charge is 0.240 e. The molecule has 2 rings (SSSR count). The highest BCUT2D eigenvalue weighted by Gasteiger charge is 2.19. The van der Waals surface area contributed by atoms with E-state index in [0.29, 0.717) is 18.5 Å². The number of likely N-dealkylation sites (N-methyl/N-ethyl adjacent to an activating group) is 1. The van der Waals surface area contributed by atoms with Crippen molar-refractivity contribution in [1.82, 2.24) is 15.4 Å². The van der Waals surface area contributed by atoms with Crippen LogP contribution in [0.4, 0.5) is 5.88 Å². The zero-order valence-corrected chi connectivity index (χ0v) is 12.1. The van der Waals surface area contributed by atoms with Crippen LogP contribution < -0.4 is 10.6 Å². The van der Waals surface area contributed by atoms with Crippen molar-refractivity contribution < 1.29 is 9.32 Å². The summed E-state index contributed by atoms with van der Waals surface area (Å²) < 4.78 is 4.95. The number of hydrogen-bond acceptors (Lipinski definition) is 5. The maximum Gasteiger partial charge on any atom is 0.240 e. The quantitative estimate of drug-likeness (QED) is 0.866. The van der Waals surface area contributed by atoms with Crippen molar-refractivity contribution in [2.45, 2.75) is 25.8 Å². The molecule has 1 amide bonds. The van der Waals surface area contributed by atoms with Crippen LogP contribution in [0.25, 0.3) is 0 Å². The molecule has 2 N–H and O–H groups in total.